The summed E-state index contributed by atoms with van der Waals surface area (Å²) in [4.78, 5) is 19.2. The fraction of sp³-hybridized carbons (Fsp3) is 0.429. The fourth-order valence-electron chi connectivity index (χ4n) is 1.84. The number of ether oxygens (including phenoxy) is 1. The van der Waals surface area contributed by atoms with Gasteiger partial charge in [0.1, 0.15) is 0 Å². The Hall–Kier alpha value is -1.49. The second-order valence-corrected chi connectivity index (χ2v) is 5.93. The minimum absolute atomic E-state index is 0.140. The quantitative estimate of drug-likeness (QED) is 0.673. The van der Waals surface area contributed by atoms with Crippen LogP contribution in [0.2, 0.25) is 0 Å². The minimum atomic E-state index is -0.158. The highest BCUT2D eigenvalue weighted by atomic mass is 32.2. The number of imidazole rings is 1. The zero-order valence-corrected chi connectivity index (χ0v) is 12.2. The van der Waals surface area contributed by atoms with E-state index in [1.54, 1.807) is 11.8 Å². The Morgan fingerprint density at radius 2 is 2.32 bits per heavy atom. The van der Waals surface area contributed by atoms with Crippen molar-refractivity contribution in [1.29, 1.82) is 0 Å². The third kappa shape index (κ3) is 3.73. The van der Waals surface area contributed by atoms with Crippen LogP contribution in [0.25, 0.3) is 11.0 Å². The number of carbonyl (C=O) groups excluding carboxylic acids is 1. The first-order valence-electron chi connectivity index (χ1n) is 6.37. The Morgan fingerprint density at radius 1 is 1.53 bits per heavy atom. The maximum Gasteiger partial charge on any atom is 0.306 e. The van der Waals surface area contributed by atoms with Crippen molar-refractivity contribution in [2.24, 2.45) is 0 Å². The molecule has 0 saturated carbocycles. The van der Waals surface area contributed by atoms with Gasteiger partial charge >= 0.3 is 5.97 Å². The van der Waals surface area contributed by atoms with Crippen LogP contribution in [-0.2, 0) is 9.53 Å². The van der Waals surface area contributed by atoms with Gasteiger partial charge in [0.15, 0.2) is 5.16 Å². The molecule has 0 saturated heterocycles. The zero-order valence-electron chi connectivity index (χ0n) is 11.4. The third-order valence-electron chi connectivity index (χ3n) is 2.69. The van der Waals surface area contributed by atoms with Crippen LogP contribution in [-0.4, -0.2) is 27.8 Å². The number of aromatic amines is 1. The summed E-state index contributed by atoms with van der Waals surface area (Å²) in [6, 6.07) is 6.11. The lowest BCUT2D eigenvalue weighted by Gasteiger charge is -2.07. The Morgan fingerprint density at radius 3 is 3.05 bits per heavy atom. The van der Waals surface area contributed by atoms with Crippen molar-refractivity contribution >= 4 is 28.8 Å². The van der Waals surface area contributed by atoms with Gasteiger partial charge in [0.2, 0.25) is 0 Å². The van der Waals surface area contributed by atoms with Crippen LogP contribution in [0.1, 0.15) is 25.8 Å². The molecule has 0 spiro atoms. The van der Waals surface area contributed by atoms with E-state index in [9.17, 15) is 4.79 Å². The van der Waals surface area contributed by atoms with Gasteiger partial charge in [0, 0.05) is 5.25 Å². The largest absolute Gasteiger partial charge is 0.466 e. The molecule has 2 aromatic rings. The summed E-state index contributed by atoms with van der Waals surface area (Å²) in [7, 11) is 0. The van der Waals surface area contributed by atoms with E-state index in [1.807, 2.05) is 26.0 Å². The van der Waals surface area contributed by atoms with Crippen LogP contribution in [0, 0.1) is 6.92 Å². The van der Waals surface area contributed by atoms with E-state index in [1.165, 1.54) is 5.56 Å². The first-order valence-corrected chi connectivity index (χ1v) is 7.25. The van der Waals surface area contributed by atoms with Crippen LogP contribution in [0.5, 0.6) is 0 Å². The Balaban J connectivity index is 2.02. The van der Waals surface area contributed by atoms with E-state index in [0.717, 1.165) is 16.2 Å². The van der Waals surface area contributed by atoms with Gasteiger partial charge in [-0.1, -0.05) is 24.8 Å². The van der Waals surface area contributed by atoms with Crippen molar-refractivity contribution < 1.29 is 9.53 Å². The van der Waals surface area contributed by atoms with Gasteiger partial charge in [0.25, 0.3) is 0 Å². The van der Waals surface area contributed by atoms with Crippen molar-refractivity contribution in [3.63, 3.8) is 0 Å². The van der Waals surface area contributed by atoms with Crippen molar-refractivity contribution in [2.75, 3.05) is 6.61 Å². The molecule has 0 amide bonds. The monoisotopic (exact) mass is 278 g/mol. The van der Waals surface area contributed by atoms with Gasteiger partial charge in [-0.2, -0.15) is 0 Å². The van der Waals surface area contributed by atoms with E-state index < -0.39 is 0 Å². The van der Waals surface area contributed by atoms with Gasteiger partial charge in [0.05, 0.1) is 24.1 Å². The summed E-state index contributed by atoms with van der Waals surface area (Å²) < 4.78 is 4.94. The summed E-state index contributed by atoms with van der Waals surface area (Å²) in [6.45, 7) is 6.30. The predicted octanol–water partition coefficient (Wildman–Crippen LogP) is 3.31. The first kappa shape index (κ1) is 13.9. The Kier molecular flexibility index (Phi) is 4.47. The lowest BCUT2D eigenvalue weighted by atomic mass is 10.2. The highest BCUT2D eigenvalue weighted by molar-refractivity contribution is 7.99. The molecule has 0 bridgehead atoms. The predicted molar refractivity (Wildman–Crippen MR) is 77.4 cm³/mol. The van der Waals surface area contributed by atoms with Gasteiger partial charge in [-0.25, -0.2) is 4.98 Å². The van der Waals surface area contributed by atoms with Crippen molar-refractivity contribution in [3.05, 3.63) is 23.8 Å². The summed E-state index contributed by atoms with van der Waals surface area (Å²) in [5.41, 5.74) is 3.19. The molecule has 19 heavy (non-hydrogen) atoms. The van der Waals surface area contributed by atoms with Crippen LogP contribution < -0.4 is 0 Å². The number of thioether (sulfide) groups is 1. The molecule has 0 aliphatic rings. The molecule has 0 fully saturated rings. The lowest BCUT2D eigenvalue weighted by molar-refractivity contribution is -0.142. The number of rotatable bonds is 5. The molecule has 1 unspecified atom stereocenters. The van der Waals surface area contributed by atoms with Crippen LogP contribution in [0.15, 0.2) is 23.4 Å². The van der Waals surface area contributed by atoms with E-state index in [-0.39, 0.29) is 11.2 Å². The molecule has 2 rings (SSSR count). The number of aryl methyl sites for hydroxylation is 1. The molecular formula is C14H18N2O2S. The van der Waals surface area contributed by atoms with Gasteiger partial charge in [-0.05, 0) is 31.5 Å². The van der Waals surface area contributed by atoms with Crippen LogP contribution >= 0.6 is 11.8 Å². The zero-order chi connectivity index (χ0) is 13.8. The highest BCUT2D eigenvalue weighted by Gasteiger charge is 2.13. The third-order valence-corrected chi connectivity index (χ3v) is 3.67. The second kappa shape index (κ2) is 6.10. The number of hydrogen-bond acceptors (Lipinski definition) is 4. The Labute approximate surface area is 116 Å². The van der Waals surface area contributed by atoms with Crippen molar-refractivity contribution in [2.45, 2.75) is 37.6 Å². The molecule has 1 atom stereocenters. The molecule has 102 valence electrons. The number of benzene rings is 1. The molecule has 1 N–H and O–H groups in total. The minimum Gasteiger partial charge on any atom is -0.466 e. The summed E-state index contributed by atoms with van der Waals surface area (Å²) >= 11 is 1.56. The molecule has 1 aromatic heterocycles. The molecule has 1 heterocycles. The number of fused-ring (bicyclic) bond motifs is 1. The average Bonchev–Trinajstić information content (AvgIpc) is 2.70. The summed E-state index contributed by atoms with van der Waals surface area (Å²) in [5.74, 6) is -0.158. The number of carbonyl (C=O) groups is 1. The molecule has 0 radical (unpaired) electrons. The molecule has 4 nitrogen and oxygen atoms in total. The van der Waals surface area contributed by atoms with Crippen molar-refractivity contribution in [3.8, 4) is 0 Å². The average molecular weight is 278 g/mol. The number of nitrogens with zero attached hydrogens (tertiary/aromatic N) is 1. The SMILES string of the molecule is CCOC(=O)CC(C)Sc1nc2ccc(C)cc2[nH]1. The molecular weight excluding hydrogens is 260 g/mol. The maximum atomic E-state index is 11.4. The number of aromatic nitrogens is 2. The molecule has 1 aromatic carbocycles. The van der Waals surface area contributed by atoms with Crippen molar-refractivity contribution in [1.82, 2.24) is 9.97 Å². The topological polar surface area (TPSA) is 55.0 Å². The highest BCUT2D eigenvalue weighted by Crippen LogP contribution is 2.25. The number of H-pyrrole nitrogens is 1. The van der Waals surface area contributed by atoms with E-state index in [4.69, 9.17) is 4.74 Å². The van der Waals surface area contributed by atoms with E-state index >= 15 is 0 Å². The van der Waals surface area contributed by atoms with Crippen LogP contribution in [0.3, 0.4) is 0 Å². The lowest BCUT2D eigenvalue weighted by Crippen LogP contribution is -2.10. The van der Waals surface area contributed by atoms with Gasteiger partial charge in [-0.3, -0.25) is 4.79 Å². The van der Waals surface area contributed by atoms with Crippen LogP contribution in [0.4, 0.5) is 0 Å². The second-order valence-electron chi connectivity index (χ2n) is 4.50. The fourth-order valence-corrected chi connectivity index (χ4v) is 2.76. The Bertz CT molecular complexity index is 580. The molecule has 5 heteroatoms. The first-order chi connectivity index (χ1) is 9.08. The smallest absolute Gasteiger partial charge is 0.306 e. The van der Waals surface area contributed by atoms with Gasteiger partial charge < -0.3 is 9.72 Å². The summed E-state index contributed by atoms with van der Waals surface area (Å²) in [6.07, 6.45) is 0.397. The number of nitrogens with one attached hydrogen (secondary N) is 1. The molecule has 0 aliphatic carbocycles. The normalized spacial score (nSPS) is 12.6. The van der Waals surface area contributed by atoms with E-state index in [0.29, 0.717) is 13.0 Å². The number of hydrogen-bond donors (Lipinski definition) is 1. The number of esters is 1. The standard InChI is InChI=1S/C14H18N2O2S/c1-4-18-13(17)8-10(3)19-14-15-11-6-5-9(2)7-12(11)16-14/h5-7,10H,4,8H2,1-3H3,(H,15,16). The summed E-state index contributed by atoms with van der Waals surface area (Å²) in [5, 5.41) is 0.984. The van der Waals surface area contributed by atoms with E-state index in [2.05, 4.69) is 23.0 Å². The van der Waals surface area contributed by atoms with Gasteiger partial charge in [-0.15, -0.1) is 0 Å². The molecule has 0 aliphatic heterocycles. The maximum absolute atomic E-state index is 11.4.